The molecule has 5 nitrogen and oxygen atoms in total. The number of hydrogen-bond acceptors (Lipinski definition) is 4. The number of rotatable bonds is 3. The predicted molar refractivity (Wildman–Crippen MR) is 73.4 cm³/mol. The summed E-state index contributed by atoms with van der Waals surface area (Å²) in [6, 6.07) is 7.18. The fraction of sp³-hybridized carbons (Fsp3) is 0.500. The van der Waals surface area contributed by atoms with Gasteiger partial charge in [0.25, 0.3) is 0 Å². The van der Waals surface area contributed by atoms with E-state index in [9.17, 15) is 9.90 Å². The number of likely N-dealkylation sites (N-methyl/N-ethyl adjacent to an activating group) is 1. The van der Waals surface area contributed by atoms with Gasteiger partial charge in [0.1, 0.15) is 11.8 Å². The molecule has 0 saturated carbocycles. The van der Waals surface area contributed by atoms with Crippen molar-refractivity contribution >= 4 is 11.6 Å². The third-order valence-corrected chi connectivity index (χ3v) is 3.53. The predicted octanol–water partition coefficient (Wildman–Crippen LogP) is 0.723. The van der Waals surface area contributed by atoms with Crippen molar-refractivity contribution < 1.29 is 14.6 Å². The van der Waals surface area contributed by atoms with Gasteiger partial charge in [-0.2, -0.15) is 0 Å². The minimum atomic E-state index is -0.527. The van der Waals surface area contributed by atoms with Crippen molar-refractivity contribution in [3.8, 4) is 5.75 Å². The maximum Gasteiger partial charge on any atom is 0.247 e. The fourth-order valence-corrected chi connectivity index (χ4v) is 2.63. The van der Waals surface area contributed by atoms with Crippen molar-refractivity contribution in [2.45, 2.75) is 19.0 Å². The average Bonchev–Trinajstić information content (AvgIpc) is 2.42. The van der Waals surface area contributed by atoms with Gasteiger partial charge in [0.15, 0.2) is 0 Å². The number of methoxy groups -OCH3 is 1. The van der Waals surface area contributed by atoms with E-state index in [2.05, 4.69) is 0 Å². The lowest BCUT2D eigenvalue weighted by Gasteiger charge is -2.44. The van der Waals surface area contributed by atoms with Gasteiger partial charge in [0, 0.05) is 31.4 Å². The second-order valence-corrected chi connectivity index (χ2v) is 4.87. The Hall–Kier alpha value is -1.75. The minimum absolute atomic E-state index is 0.0524. The molecule has 0 bridgehead atoms. The highest BCUT2D eigenvalue weighted by atomic mass is 16.5. The van der Waals surface area contributed by atoms with Crippen LogP contribution >= 0.6 is 0 Å². The molecule has 1 N–H and O–H groups in total. The molecule has 1 aromatic rings. The molecule has 1 fully saturated rings. The summed E-state index contributed by atoms with van der Waals surface area (Å²) in [5, 5.41) is 9.53. The first-order valence-electron chi connectivity index (χ1n) is 6.36. The van der Waals surface area contributed by atoms with Crippen molar-refractivity contribution in [2.75, 3.05) is 32.2 Å². The molecule has 2 unspecified atom stereocenters. The fourth-order valence-electron chi connectivity index (χ4n) is 2.63. The number of ether oxygens (including phenoxy) is 1. The van der Waals surface area contributed by atoms with Crippen LogP contribution in [0.5, 0.6) is 5.75 Å². The van der Waals surface area contributed by atoms with Crippen LogP contribution in [0.3, 0.4) is 0 Å². The van der Waals surface area contributed by atoms with E-state index in [1.165, 1.54) is 0 Å². The highest BCUT2D eigenvalue weighted by molar-refractivity contribution is 5.87. The lowest BCUT2D eigenvalue weighted by atomic mass is 10.1. The molecule has 19 heavy (non-hydrogen) atoms. The van der Waals surface area contributed by atoms with Crippen LogP contribution in [0.15, 0.2) is 24.3 Å². The molecule has 2 atom stereocenters. The van der Waals surface area contributed by atoms with Crippen LogP contribution in [0.25, 0.3) is 0 Å². The van der Waals surface area contributed by atoms with Crippen LogP contribution < -0.4 is 9.64 Å². The van der Waals surface area contributed by atoms with Crippen LogP contribution in [0.4, 0.5) is 5.69 Å². The van der Waals surface area contributed by atoms with Gasteiger partial charge in [-0.1, -0.05) is 6.07 Å². The van der Waals surface area contributed by atoms with E-state index in [0.29, 0.717) is 6.54 Å². The smallest absolute Gasteiger partial charge is 0.247 e. The van der Waals surface area contributed by atoms with E-state index in [1.54, 1.807) is 19.1 Å². The molecule has 2 rings (SSSR count). The van der Waals surface area contributed by atoms with Crippen molar-refractivity contribution in [3.05, 3.63) is 24.3 Å². The van der Waals surface area contributed by atoms with Gasteiger partial charge in [0.2, 0.25) is 5.91 Å². The number of hydrogen-bond donors (Lipinski definition) is 1. The molecule has 0 radical (unpaired) electrons. The van der Waals surface area contributed by atoms with Gasteiger partial charge in [-0.25, -0.2) is 0 Å². The number of aliphatic hydroxyl groups excluding tert-OH is 1. The molecule has 1 amide bonds. The zero-order valence-electron chi connectivity index (χ0n) is 11.5. The van der Waals surface area contributed by atoms with Gasteiger partial charge in [-0.3, -0.25) is 4.79 Å². The molecular formula is C14H20N2O3. The van der Waals surface area contributed by atoms with E-state index < -0.39 is 6.04 Å². The Morgan fingerprint density at radius 2 is 2.21 bits per heavy atom. The third-order valence-electron chi connectivity index (χ3n) is 3.53. The van der Waals surface area contributed by atoms with Crippen LogP contribution in [0.1, 0.15) is 6.92 Å². The molecule has 1 saturated heterocycles. The van der Waals surface area contributed by atoms with Gasteiger partial charge in [0.05, 0.1) is 13.7 Å². The Bertz CT molecular complexity index is 464. The molecule has 0 spiro atoms. The van der Waals surface area contributed by atoms with Crippen molar-refractivity contribution in [1.29, 1.82) is 0 Å². The SMILES string of the molecule is COc1cccc(N2C(C)CN(C)C(=O)C2CO)c1. The number of carbonyl (C=O) groups excluding carboxylic acids is 1. The van der Waals surface area contributed by atoms with Crippen LogP contribution in [-0.4, -0.2) is 55.3 Å². The summed E-state index contributed by atoms with van der Waals surface area (Å²) in [4.78, 5) is 15.8. The van der Waals surface area contributed by atoms with E-state index in [-0.39, 0.29) is 18.6 Å². The summed E-state index contributed by atoms with van der Waals surface area (Å²) in [6.45, 7) is 2.50. The maximum atomic E-state index is 12.1. The summed E-state index contributed by atoms with van der Waals surface area (Å²) in [5.41, 5.74) is 0.896. The van der Waals surface area contributed by atoms with Gasteiger partial charge >= 0.3 is 0 Å². The third kappa shape index (κ3) is 2.51. The first kappa shape index (κ1) is 13.7. The summed E-state index contributed by atoms with van der Waals surface area (Å²) >= 11 is 0. The summed E-state index contributed by atoms with van der Waals surface area (Å²) in [5.74, 6) is 0.691. The van der Waals surface area contributed by atoms with Gasteiger partial charge < -0.3 is 19.6 Å². The number of anilines is 1. The zero-order chi connectivity index (χ0) is 14.0. The minimum Gasteiger partial charge on any atom is -0.497 e. The van der Waals surface area contributed by atoms with E-state index in [1.807, 2.05) is 36.1 Å². The van der Waals surface area contributed by atoms with E-state index in [4.69, 9.17) is 4.74 Å². The highest BCUT2D eigenvalue weighted by Crippen LogP contribution is 2.27. The number of benzene rings is 1. The second-order valence-electron chi connectivity index (χ2n) is 4.87. The van der Waals surface area contributed by atoms with Crippen molar-refractivity contribution in [2.24, 2.45) is 0 Å². The molecule has 104 valence electrons. The highest BCUT2D eigenvalue weighted by Gasteiger charge is 2.36. The molecule has 0 aromatic heterocycles. The van der Waals surface area contributed by atoms with Gasteiger partial charge in [-0.05, 0) is 19.1 Å². The second kappa shape index (κ2) is 5.48. The lowest BCUT2D eigenvalue weighted by Crippen LogP contribution is -2.61. The average molecular weight is 264 g/mol. The van der Waals surface area contributed by atoms with Crippen LogP contribution in [0, 0.1) is 0 Å². The standard InChI is InChI=1S/C14H20N2O3/c1-10-8-15(2)14(18)13(9-17)16(10)11-5-4-6-12(7-11)19-3/h4-7,10,13,17H,8-9H2,1-3H3. The number of amides is 1. The zero-order valence-corrected chi connectivity index (χ0v) is 11.5. The molecule has 1 aromatic carbocycles. The van der Waals surface area contributed by atoms with Gasteiger partial charge in [-0.15, -0.1) is 0 Å². The Balaban J connectivity index is 2.36. The summed E-state index contributed by atoms with van der Waals surface area (Å²) in [7, 11) is 3.38. The lowest BCUT2D eigenvalue weighted by molar-refractivity contribution is -0.134. The Morgan fingerprint density at radius 1 is 1.47 bits per heavy atom. The largest absolute Gasteiger partial charge is 0.497 e. The van der Waals surface area contributed by atoms with E-state index in [0.717, 1.165) is 11.4 Å². The number of piperazine rings is 1. The maximum absolute atomic E-state index is 12.1. The number of carbonyl (C=O) groups is 1. The molecule has 1 aliphatic heterocycles. The molecule has 0 aliphatic carbocycles. The van der Waals surface area contributed by atoms with Crippen molar-refractivity contribution in [1.82, 2.24) is 4.90 Å². The topological polar surface area (TPSA) is 53.0 Å². The van der Waals surface area contributed by atoms with Crippen LogP contribution in [0.2, 0.25) is 0 Å². The monoisotopic (exact) mass is 264 g/mol. The Morgan fingerprint density at radius 3 is 2.84 bits per heavy atom. The molecule has 1 heterocycles. The summed E-state index contributed by atoms with van der Waals surface area (Å²) < 4.78 is 5.21. The number of nitrogens with zero attached hydrogens (tertiary/aromatic N) is 2. The number of aliphatic hydroxyl groups is 1. The molecule has 5 heteroatoms. The molecule has 1 aliphatic rings. The first-order valence-corrected chi connectivity index (χ1v) is 6.36. The van der Waals surface area contributed by atoms with E-state index >= 15 is 0 Å². The normalized spacial score (nSPS) is 23.7. The first-order chi connectivity index (χ1) is 9.08. The quantitative estimate of drug-likeness (QED) is 0.874. The Labute approximate surface area is 113 Å². The molecular weight excluding hydrogens is 244 g/mol. The van der Waals surface area contributed by atoms with Crippen LogP contribution in [-0.2, 0) is 4.79 Å². The summed E-state index contributed by atoms with van der Waals surface area (Å²) in [6.07, 6.45) is 0. The Kier molecular flexibility index (Phi) is 3.95. The van der Waals surface area contributed by atoms with Crippen molar-refractivity contribution in [3.63, 3.8) is 0 Å².